The monoisotopic (exact) mass is 620 g/mol. The van der Waals surface area contributed by atoms with Crippen LogP contribution in [0.5, 0.6) is 5.75 Å². The molecule has 0 N–H and O–H groups in total. The number of carbonyl (C=O) groups is 1. The lowest BCUT2D eigenvalue weighted by Crippen LogP contribution is -2.26. The number of halogens is 3. The number of ether oxygens (including phenoxy) is 1. The second-order valence-corrected chi connectivity index (χ2v) is 11.7. The Morgan fingerprint density at radius 1 is 1.07 bits per heavy atom. The fraction of sp³-hybridized carbons (Fsp3) is 0.281. The summed E-state index contributed by atoms with van der Waals surface area (Å²) in [5.41, 5.74) is 6.35. The summed E-state index contributed by atoms with van der Waals surface area (Å²) < 4.78 is 42.6. The van der Waals surface area contributed by atoms with Crippen LogP contribution in [0, 0.1) is 6.92 Å². The normalized spacial score (nSPS) is 15.0. The summed E-state index contributed by atoms with van der Waals surface area (Å²) in [6.45, 7) is 8.96. The van der Waals surface area contributed by atoms with Crippen molar-refractivity contribution in [1.82, 2.24) is 14.8 Å². The number of hydrogen-bond donors (Lipinski definition) is 0. The van der Waals surface area contributed by atoms with E-state index in [9.17, 15) is 18.0 Å². The van der Waals surface area contributed by atoms with Crippen molar-refractivity contribution >= 4 is 34.4 Å². The van der Waals surface area contributed by atoms with Gasteiger partial charge in [-0.3, -0.25) is 0 Å². The first-order valence-corrected chi connectivity index (χ1v) is 15.0. The molecule has 1 aliphatic rings. The number of amides is 2. The zero-order valence-electron chi connectivity index (χ0n) is 24.7. The molecule has 0 bridgehead atoms. The number of alkyl halides is 3. The van der Waals surface area contributed by atoms with Crippen LogP contribution in [-0.2, 0) is 6.42 Å². The Morgan fingerprint density at radius 2 is 1.80 bits per heavy atom. The van der Waals surface area contributed by atoms with Gasteiger partial charge in [0.1, 0.15) is 12.1 Å². The second-order valence-electron chi connectivity index (χ2n) is 10.7. The Labute approximate surface area is 257 Å². The van der Waals surface area contributed by atoms with Gasteiger partial charge in [-0.2, -0.15) is 4.99 Å². The van der Waals surface area contributed by atoms with Crippen LogP contribution >= 0.6 is 11.8 Å². The fourth-order valence-corrected chi connectivity index (χ4v) is 5.74. The first-order valence-electron chi connectivity index (χ1n) is 14.0. The number of anilines is 1. The number of benzene rings is 3. The van der Waals surface area contributed by atoms with Gasteiger partial charge in [-0.15, -0.1) is 18.3 Å². The topological polar surface area (TPSA) is 85.0 Å². The van der Waals surface area contributed by atoms with E-state index in [1.54, 1.807) is 18.7 Å². The van der Waals surface area contributed by atoms with Crippen LogP contribution in [0.25, 0.3) is 17.1 Å². The van der Waals surface area contributed by atoms with Gasteiger partial charge in [0, 0.05) is 35.7 Å². The lowest BCUT2D eigenvalue weighted by molar-refractivity contribution is -0.274. The Hall–Kier alpha value is -4.45. The van der Waals surface area contributed by atoms with Gasteiger partial charge in [-0.05, 0) is 66.8 Å². The number of carbonyl (C=O) groups excluding carboxylic acids is 1. The molecule has 1 saturated heterocycles. The largest absolute Gasteiger partial charge is 0.573 e. The smallest absolute Gasteiger partial charge is 0.406 e. The third kappa shape index (κ3) is 7.73. The molecule has 44 heavy (non-hydrogen) atoms. The molecule has 0 spiro atoms. The van der Waals surface area contributed by atoms with Crippen LogP contribution in [0.3, 0.4) is 0 Å². The molecular formula is C32H31F3N6O2S. The molecule has 1 fully saturated rings. The second kappa shape index (κ2) is 13.0. The zero-order valence-corrected chi connectivity index (χ0v) is 25.5. The highest BCUT2D eigenvalue weighted by molar-refractivity contribution is 8.14. The quantitative estimate of drug-likeness (QED) is 0.195. The minimum Gasteiger partial charge on any atom is -0.406 e. The van der Waals surface area contributed by atoms with Crippen LogP contribution in [0.4, 0.5) is 23.7 Å². The van der Waals surface area contributed by atoms with Gasteiger partial charge < -0.3 is 9.64 Å². The lowest BCUT2D eigenvalue weighted by Gasteiger charge is -2.23. The van der Waals surface area contributed by atoms with E-state index in [1.165, 1.54) is 40.8 Å². The average Bonchev–Trinajstić information content (AvgIpc) is 3.63. The highest BCUT2D eigenvalue weighted by Gasteiger charge is 2.31. The number of nitrogens with zero attached hydrogens (tertiary/aromatic N) is 6. The first kappa shape index (κ1) is 31.0. The van der Waals surface area contributed by atoms with Gasteiger partial charge in [0.05, 0.1) is 5.69 Å². The number of thioether (sulfide) groups is 1. The summed E-state index contributed by atoms with van der Waals surface area (Å²) in [6.07, 6.45) is -2.80. The van der Waals surface area contributed by atoms with Gasteiger partial charge in [0.15, 0.2) is 11.0 Å². The molecule has 4 aromatic rings. The number of aryl methyl sites for hydroxylation is 1. The van der Waals surface area contributed by atoms with Crippen LogP contribution in [0.1, 0.15) is 43.4 Å². The SMILES string of the molecule is CC(Cc1ccc(-c2ncn(-c3ccc(OC(F)(F)F)cc3)n2)cc1)=NC(=O)N=C1SCCN1c1cc(C)ccc1C(C)C. The molecule has 1 aromatic heterocycles. The Bertz CT molecular complexity index is 1700. The maximum Gasteiger partial charge on any atom is 0.573 e. The van der Waals surface area contributed by atoms with E-state index in [4.69, 9.17) is 0 Å². The Balaban J connectivity index is 1.23. The van der Waals surface area contributed by atoms with Crippen molar-refractivity contribution in [2.75, 3.05) is 17.2 Å². The third-order valence-corrected chi connectivity index (χ3v) is 7.81. The highest BCUT2D eigenvalue weighted by atomic mass is 32.2. The van der Waals surface area contributed by atoms with Crippen LogP contribution in [0.15, 0.2) is 83.0 Å². The van der Waals surface area contributed by atoms with Crippen molar-refractivity contribution < 1.29 is 22.7 Å². The average molecular weight is 621 g/mol. The number of aliphatic imine (C=N–C) groups is 2. The summed E-state index contributed by atoms with van der Waals surface area (Å²) in [6, 6.07) is 18.8. The standard InChI is InChI=1S/C32H31F3N6O2S/c1-20(2)27-14-5-21(3)17-28(27)40-15-16-44-31(40)38-30(42)37-22(4)18-23-6-8-24(9-7-23)29-36-19-41(39-29)25-10-12-26(13-11-25)43-32(33,34)35/h5-14,17,19-20H,15-16,18H2,1-4H3. The molecular weight excluding hydrogens is 589 g/mol. The number of hydrogen-bond acceptors (Lipinski definition) is 5. The summed E-state index contributed by atoms with van der Waals surface area (Å²) in [5.74, 6) is 1.33. The molecule has 8 nitrogen and oxygen atoms in total. The maximum absolute atomic E-state index is 12.8. The van der Waals surface area contributed by atoms with Crippen molar-refractivity contribution in [3.8, 4) is 22.8 Å². The molecule has 0 unspecified atom stereocenters. The molecule has 0 atom stereocenters. The number of amidine groups is 1. The van der Waals surface area contributed by atoms with E-state index < -0.39 is 12.4 Å². The van der Waals surface area contributed by atoms with Gasteiger partial charge >= 0.3 is 12.4 Å². The van der Waals surface area contributed by atoms with E-state index in [1.807, 2.05) is 24.3 Å². The van der Waals surface area contributed by atoms with Crippen LogP contribution in [-0.4, -0.2) is 50.3 Å². The fourth-order valence-electron chi connectivity index (χ4n) is 4.79. The molecule has 1 aliphatic heterocycles. The Kier molecular flexibility index (Phi) is 9.19. The van der Waals surface area contributed by atoms with Gasteiger partial charge in [0.25, 0.3) is 0 Å². The van der Waals surface area contributed by atoms with Crippen molar-refractivity contribution in [2.45, 2.75) is 46.4 Å². The zero-order chi connectivity index (χ0) is 31.4. The molecule has 2 heterocycles. The van der Waals surface area contributed by atoms with E-state index in [0.717, 1.165) is 34.7 Å². The van der Waals surface area contributed by atoms with Crippen molar-refractivity contribution in [3.05, 3.63) is 89.7 Å². The van der Waals surface area contributed by atoms with E-state index in [2.05, 4.69) is 68.7 Å². The molecule has 3 aromatic carbocycles. The first-order chi connectivity index (χ1) is 20.9. The molecule has 0 radical (unpaired) electrons. The Morgan fingerprint density at radius 3 is 2.48 bits per heavy atom. The number of rotatable bonds is 7. The van der Waals surface area contributed by atoms with Gasteiger partial charge in [-0.1, -0.05) is 62.0 Å². The third-order valence-electron chi connectivity index (χ3n) is 6.85. The number of aromatic nitrogens is 3. The highest BCUT2D eigenvalue weighted by Crippen LogP contribution is 2.33. The van der Waals surface area contributed by atoms with Crippen molar-refractivity contribution in [2.24, 2.45) is 9.98 Å². The summed E-state index contributed by atoms with van der Waals surface area (Å²) in [5, 5.41) is 5.10. The molecule has 0 aliphatic carbocycles. The van der Waals surface area contributed by atoms with Gasteiger partial charge in [-0.25, -0.2) is 19.5 Å². The summed E-state index contributed by atoms with van der Waals surface area (Å²) in [7, 11) is 0. The van der Waals surface area contributed by atoms with E-state index in [0.29, 0.717) is 34.7 Å². The molecule has 12 heteroatoms. The van der Waals surface area contributed by atoms with E-state index >= 15 is 0 Å². The van der Waals surface area contributed by atoms with Crippen molar-refractivity contribution in [3.63, 3.8) is 0 Å². The lowest BCUT2D eigenvalue weighted by atomic mass is 9.99. The van der Waals surface area contributed by atoms with Crippen LogP contribution < -0.4 is 9.64 Å². The predicted octanol–water partition coefficient (Wildman–Crippen LogP) is 8.00. The molecule has 228 valence electrons. The predicted molar refractivity (Wildman–Crippen MR) is 168 cm³/mol. The minimum absolute atomic E-state index is 0.313. The molecule has 0 saturated carbocycles. The summed E-state index contributed by atoms with van der Waals surface area (Å²) in [4.78, 5) is 27.8. The van der Waals surface area contributed by atoms with Crippen molar-refractivity contribution in [1.29, 1.82) is 0 Å². The van der Waals surface area contributed by atoms with E-state index in [-0.39, 0.29) is 5.75 Å². The summed E-state index contributed by atoms with van der Waals surface area (Å²) >= 11 is 1.56. The van der Waals surface area contributed by atoms with Crippen LogP contribution in [0.2, 0.25) is 0 Å². The van der Waals surface area contributed by atoms with Gasteiger partial charge in [0.2, 0.25) is 0 Å². The minimum atomic E-state index is -4.75. The number of urea groups is 1. The molecule has 2 amide bonds. The maximum atomic E-state index is 12.8. The molecule has 5 rings (SSSR count).